The lowest BCUT2D eigenvalue weighted by molar-refractivity contribution is 0.768. The molecule has 9 rings (SSSR count). The van der Waals surface area contributed by atoms with E-state index in [-0.39, 0.29) is 0 Å². The van der Waals surface area contributed by atoms with Gasteiger partial charge in [0.1, 0.15) is 0 Å². The number of hydrogen-bond donors (Lipinski definition) is 0. The first-order chi connectivity index (χ1) is 24.3. The Labute approximate surface area is 286 Å². The molecule has 0 saturated carbocycles. The summed E-state index contributed by atoms with van der Waals surface area (Å²) in [6.45, 7) is 0. The first kappa shape index (κ1) is 28.7. The van der Waals surface area contributed by atoms with E-state index in [9.17, 15) is 0 Å². The highest BCUT2D eigenvalue weighted by atomic mass is 15.0. The van der Waals surface area contributed by atoms with Gasteiger partial charge in [0.25, 0.3) is 0 Å². The minimum absolute atomic E-state index is 0.511. The third-order valence-corrected chi connectivity index (χ3v) is 9.64. The zero-order valence-electron chi connectivity index (χ0n) is 26.7. The van der Waals surface area contributed by atoms with Crippen molar-refractivity contribution in [3.63, 3.8) is 0 Å². The molecule has 0 radical (unpaired) electrons. The molecule has 0 N–H and O–H groups in total. The van der Waals surface area contributed by atoms with Gasteiger partial charge in [0, 0.05) is 16.7 Å². The lowest BCUT2D eigenvalue weighted by Crippen LogP contribution is -2.28. The quantitative estimate of drug-likeness (QED) is 0.185. The zero-order valence-corrected chi connectivity index (χ0v) is 26.7. The smallest absolute Gasteiger partial charge is 0.164 e. The largest absolute Gasteiger partial charge is 0.208 e. The second kappa shape index (κ2) is 12.0. The van der Waals surface area contributed by atoms with Crippen LogP contribution in [0.2, 0.25) is 0 Å². The maximum absolute atomic E-state index is 5.31. The molecule has 0 spiro atoms. The average Bonchev–Trinajstić information content (AvgIpc) is 3.50. The number of hydrogen-bond acceptors (Lipinski definition) is 3. The number of fused-ring (bicyclic) bond motifs is 3. The molecule has 0 unspecified atom stereocenters. The van der Waals surface area contributed by atoms with E-state index in [2.05, 4.69) is 164 Å². The van der Waals surface area contributed by atoms with E-state index in [1.807, 2.05) is 24.3 Å². The molecule has 1 aromatic heterocycles. The summed E-state index contributed by atoms with van der Waals surface area (Å²) in [5.41, 5.74) is 11.8. The number of nitrogens with zero attached hydrogens (tertiary/aromatic N) is 3. The maximum Gasteiger partial charge on any atom is 0.164 e. The first-order valence-corrected chi connectivity index (χ1v) is 16.6. The monoisotopic (exact) mass is 625 g/mol. The number of aromatic nitrogens is 3. The van der Waals surface area contributed by atoms with E-state index < -0.39 is 5.41 Å². The lowest BCUT2D eigenvalue weighted by atomic mass is 9.67. The van der Waals surface area contributed by atoms with Crippen molar-refractivity contribution >= 4 is 0 Å². The van der Waals surface area contributed by atoms with Crippen LogP contribution in [0.3, 0.4) is 0 Å². The number of rotatable bonds is 6. The van der Waals surface area contributed by atoms with E-state index in [4.69, 9.17) is 15.0 Å². The van der Waals surface area contributed by atoms with Gasteiger partial charge in [-0.15, -0.1) is 0 Å². The van der Waals surface area contributed by atoms with E-state index in [0.717, 1.165) is 33.4 Å². The summed E-state index contributed by atoms with van der Waals surface area (Å²) in [4.78, 5) is 15.7. The molecule has 0 saturated heterocycles. The Hall–Kier alpha value is -6.45. The molecule has 0 atom stereocenters. The van der Waals surface area contributed by atoms with Crippen LogP contribution >= 0.6 is 0 Å². The molecule has 0 aliphatic heterocycles. The Bertz CT molecular complexity index is 2380. The summed E-state index contributed by atoms with van der Waals surface area (Å²) in [6, 6.07) is 66.2. The van der Waals surface area contributed by atoms with Crippen molar-refractivity contribution in [3.05, 3.63) is 210 Å². The molecule has 8 aromatic rings. The Kier molecular flexibility index (Phi) is 7.02. The fraction of sp³-hybridized carbons (Fsp3) is 0.0217. The van der Waals surface area contributed by atoms with Crippen LogP contribution in [0.15, 0.2) is 188 Å². The van der Waals surface area contributed by atoms with Crippen LogP contribution < -0.4 is 0 Å². The van der Waals surface area contributed by atoms with Crippen molar-refractivity contribution in [1.82, 2.24) is 15.0 Å². The summed E-state index contributed by atoms with van der Waals surface area (Å²) >= 11 is 0. The van der Waals surface area contributed by atoms with Gasteiger partial charge in [-0.05, 0) is 44.5 Å². The van der Waals surface area contributed by atoms with Gasteiger partial charge in [0.15, 0.2) is 17.5 Å². The van der Waals surface area contributed by atoms with E-state index in [1.165, 1.54) is 27.8 Å². The van der Waals surface area contributed by atoms with Crippen LogP contribution in [0.1, 0.15) is 22.3 Å². The molecule has 1 aliphatic rings. The summed E-state index contributed by atoms with van der Waals surface area (Å²) < 4.78 is 0. The predicted octanol–water partition coefficient (Wildman–Crippen LogP) is 10.9. The van der Waals surface area contributed by atoms with Crippen molar-refractivity contribution in [2.75, 3.05) is 0 Å². The van der Waals surface area contributed by atoms with Gasteiger partial charge in [-0.2, -0.15) is 0 Å². The molecule has 0 bridgehead atoms. The molecule has 230 valence electrons. The van der Waals surface area contributed by atoms with Crippen molar-refractivity contribution in [1.29, 1.82) is 0 Å². The topological polar surface area (TPSA) is 38.7 Å². The predicted molar refractivity (Wildman–Crippen MR) is 199 cm³/mol. The normalized spacial score (nSPS) is 12.7. The van der Waals surface area contributed by atoms with Gasteiger partial charge < -0.3 is 0 Å². The van der Waals surface area contributed by atoms with Gasteiger partial charge in [-0.25, -0.2) is 15.0 Å². The third kappa shape index (κ3) is 4.70. The number of benzene rings is 7. The molecule has 1 heterocycles. The van der Waals surface area contributed by atoms with Gasteiger partial charge >= 0.3 is 0 Å². The Morgan fingerprint density at radius 1 is 0.286 bits per heavy atom. The highest BCUT2D eigenvalue weighted by Gasteiger charge is 2.47. The fourth-order valence-corrected chi connectivity index (χ4v) is 7.56. The van der Waals surface area contributed by atoms with Crippen molar-refractivity contribution in [3.8, 4) is 56.4 Å². The molecular formula is C46H31N3. The molecule has 3 nitrogen and oxygen atoms in total. The molecule has 49 heavy (non-hydrogen) atoms. The van der Waals surface area contributed by atoms with Crippen LogP contribution in [-0.4, -0.2) is 15.0 Å². The second-order valence-corrected chi connectivity index (χ2v) is 12.3. The minimum Gasteiger partial charge on any atom is -0.208 e. The summed E-state index contributed by atoms with van der Waals surface area (Å²) in [5, 5.41) is 0. The van der Waals surface area contributed by atoms with Crippen LogP contribution in [-0.2, 0) is 5.41 Å². The second-order valence-electron chi connectivity index (χ2n) is 12.3. The highest BCUT2D eigenvalue weighted by molar-refractivity contribution is 5.94. The minimum atomic E-state index is -0.511. The Morgan fingerprint density at radius 2 is 0.714 bits per heavy atom. The molecule has 1 aliphatic carbocycles. The van der Waals surface area contributed by atoms with Crippen molar-refractivity contribution < 1.29 is 0 Å². The average molecular weight is 626 g/mol. The van der Waals surface area contributed by atoms with E-state index in [1.54, 1.807) is 0 Å². The van der Waals surface area contributed by atoms with Gasteiger partial charge in [-0.1, -0.05) is 188 Å². The summed E-state index contributed by atoms with van der Waals surface area (Å²) in [7, 11) is 0. The molecule has 0 amide bonds. The van der Waals surface area contributed by atoms with E-state index in [0.29, 0.717) is 17.5 Å². The van der Waals surface area contributed by atoms with Gasteiger partial charge in [0.05, 0.1) is 5.41 Å². The lowest BCUT2D eigenvalue weighted by Gasteiger charge is -2.33. The van der Waals surface area contributed by atoms with Crippen LogP contribution in [0.5, 0.6) is 0 Å². The molecule has 3 heteroatoms. The summed E-state index contributed by atoms with van der Waals surface area (Å²) in [5.74, 6) is 1.93. The van der Waals surface area contributed by atoms with Crippen LogP contribution in [0, 0.1) is 0 Å². The molecular weight excluding hydrogens is 595 g/mol. The Balaban J connectivity index is 1.35. The van der Waals surface area contributed by atoms with Crippen LogP contribution in [0.25, 0.3) is 56.4 Å². The zero-order chi connectivity index (χ0) is 32.6. The molecule has 7 aromatic carbocycles. The van der Waals surface area contributed by atoms with Gasteiger partial charge in [0.2, 0.25) is 0 Å². The standard InChI is InChI=1S/C46H31N3/c1-5-18-32(19-6-1)36-26-13-14-27-37(36)44-47-43(33-20-7-2-8-21-33)48-45(49-44)39-29-17-31-41-42(39)38-28-15-16-30-40(38)46(41,34-22-9-3-10-23-34)35-24-11-4-12-25-35/h1-31H. The SMILES string of the molecule is c1ccc(-c2nc(-c3ccccc3-c3ccccc3)nc(-c3cccc4c3-c3ccccc3C4(c3ccccc3)c3ccccc3)n2)cc1. The summed E-state index contributed by atoms with van der Waals surface area (Å²) in [6.07, 6.45) is 0. The van der Waals surface area contributed by atoms with Crippen molar-refractivity contribution in [2.24, 2.45) is 0 Å². The fourth-order valence-electron chi connectivity index (χ4n) is 7.56. The van der Waals surface area contributed by atoms with Crippen molar-refractivity contribution in [2.45, 2.75) is 5.41 Å². The Morgan fingerprint density at radius 3 is 1.35 bits per heavy atom. The maximum atomic E-state index is 5.31. The van der Waals surface area contributed by atoms with Crippen LogP contribution in [0.4, 0.5) is 0 Å². The molecule has 0 fully saturated rings. The van der Waals surface area contributed by atoms with E-state index >= 15 is 0 Å². The third-order valence-electron chi connectivity index (χ3n) is 9.64. The van der Waals surface area contributed by atoms with Gasteiger partial charge in [-0.3, -0.25) is 0 Å². The first-order valence-electron chi connectivity index (χ1n) is 16.6. The highest BCUT2D eigenvalue weighted by Crippen LogP contribution is 2.58.